The van der Waals surface area contributed by atoms with Crippen LogP contribution in [0.4, 0.5) is 0 Å². The zero-order valence-corrected chi connectivity index (χ0v) is 10.2. The lowest BCUT2D eigenvalue weighted by atomic mass is 10.2. The Balaban J connectivity index is 4.56. The molecule has 0 aromatic carbocycles. The summed E-state index contributed by atoms with van der Waals surface area (Å²) in [6.45, 7) is 1.72. The second kappa shape index (κ2) is 9.35. The van der Waals surface area contributed by atoms with Crippen LogP contribution in [0.2, 0.25) is 0 Å². The van der Waals surface area contributed by atoms with Crippen LogP contribution in [-0.2, 0) is 4.79 Å². The number of quaternary nitrogens is 1. The summed E-state index contributed by atoms with van der Waals surface area (Å²) in [4.78, 5) is 10.9. The van der Waals surface area contributed by atoms with Gasteiger partial charge in [-0.3, -0.25) is 0 Å². The number of hydrogen-bond donors (Lipinski definition) is 4. The molecule has 0 heterocycles. The lowest BCUT2D eigenvalue weighted by molar-refractivity contribution is -0.922. The molecule has 4 N–H and O–H groups in total. The topological polar surface area (TPSA) is 98.0 Å². The van der Waals surface area contributed by atoms with Crippen LogP contribution in [0.1, 0.15) is 19.3 Å². The van der Waals surface area contributed by atoms with Crippen LogP contribution in [0.25, 0.3) is 0 Å². The predicted octanol–water partition coefficient (Wildman–Crippen LogP) is -0.965. The fourth-order valence-electron chi connectivity index (χ4n) is 2.08. The summed E-state index contributed by atoms with van der Waals surface area (Å²) in [6, 6.07) is 0. The number of rotatable bonds is 11. The molecule has 0 aromatic heterocycles. The molecule has 0 saturated carbocycles. The number of carboxylic acids is 1. The number of aliphatic hydroxyl groups is 3. The molecule has 0 aliphatic heterocycles. The summed E-state index contributed by atoms with van der Waals surface area (Å²) in [5, 5.41) is 35.5. The lowest BCUT2D eigenvalue weighted by Gasteiger charge is -2.37. The Morgan fingerprint density at radius 1 is 0.824 bits per heavy atom. The molecule has 0 aliphatic rings. The van der Waals surface area contributed by atoms with Gasteiger partial charge in [-0.1, -0.05) is 0 Å². The van der Waals surface area contributed by atoms with Gasteiger partial charge >= 0.3 is 5.97 Å². The molecule has 6 nitrogen and oxygen atoms in total. The SMILES string of the molecule is O=C(O)C[N+](CCCO)(CCCO)CCCO. The highest BCUT2D eigenvalue weighted by Crippen LogP contribution is 2.11. The fourth-order valence-corrected chi connectivity index (χ4v) is 2.08. The van der Waals surface area contributed by atoms with E-state index >= 15 is 0 Å². The third-order valence-corrected chi connectivity index (χ3v) is 2.84. The zero-order chi connectivity index (χ0) is 13.1. The molecular weight excluding hydrogens is 226 g/mol. The highest BCUT2D eigenvalue weighted by molar-refractivity contribution is 5.67. The monoisotopic (exact) mass is 250 g/mol. The summed E-state index contributed by atoms with van der Waals surface area (Å²) in [5.41, 5.74) is 0. The summed E-state index contributed by atoms with van der Waals surface area (Å²) in [5.74, 6) is -0.890. The van der Waals surface area contributed by atoms with E-state index in [2.05, 4.69) is 0 Å². The molecule has 0 aliphatic carbocycles. The molecule has 102 valence electrons. The minimum absolute atomic E-state index is 0.0257. The van der Waals surface area contributed by atoms with Crippen LogP contribution in [0.15, 0.2) is 0 Å². The van der Waals surface area contributed by atoms with Crippen molar-refractivity contribution in [1.82, 2.24) is 0 Å². The van der Waals surface area contributed by atoms with Gasteiger partial charge in [-0.05, 0) is 0 Å². The number of carboxylic acid groups (broad SMARTS) is 1. The summed E-state index contributed by atoms with van der Waals surface area (Å²) < 4.78 is 0.316. The molecular formula is C11H24NO5+. The molecule has 0 bridgehead atoms. The van der Waals surface area contributed by atoms with E-state index in [1.807, 2.05) is 0 Å². The normalized spacial score (nSPS) is 11.7. The predicted molar refractivity (Wildman–Crippen MR) is 62.5 cm³/mol. The maximum absolute atomic E-state index is 10.9. The Kier molecular flexibility index (Phi) is 8.97. The molecule has 0 spiro atoms. The van der Waals surface area contributed by atoms with Crippen LogP contribution >= 0.6 is 0 Å². The van der Waals surface area contributed by atoms with E-state index in [1.165, 1.54) is 0 Å². The number of carbonyl (C=O) groups is 1. The maximum atomic E-state index is 10.9. The Bertz CT molecular complexity index is 188. The first-order valence-corrected chi connectivity index (χ1v) is 5.99. The van der Waals surface area contributed by atoms with Gasteiger partial charge in [-0.2, -0.15) is 0 Å². The molecule has 0 saturated heterocycles. The molecule has 0 rings (SSSR count). The summed E-state index contributed by atoms with van der Waals surface area (Å²) in [6.07, 6.45) is 1.60. The molecule has 0 radical (unpaired) electrons. The third kappa shape index (κ3) is 7.27. The van der Waals surface area contributed by atoms with Crippen molar-refractivity contribution in [1.29, 1.82) is 0 Å². The Morgan fingerprint density at radius 2 is 1.18 bits per heavy atom. The van der Waals surface area contributed by atoms with Gasteiger partial charge in [-0.15, -0.1) is 0 Å². The second-order valence-corrected chi connectivity index (χ2v) is 4.30. The van der Waals surface area contributed by atoms with E-state index in [-0.39, 0.29) is 26.4 Å². The Hall–Kier alpha value is -0.690. The largest absolute Gasteiger partial charge is 0.477 e. The maximum Gasteiger partial charge on any atom is 0.359 e. The molecule has 0 unspecified atom stereocenters. The smallest absolute Gasteiger partial charge is 0.359 e. The van der Waals surface area contributed by atoms with Crippen molar-refractivity contribution in [2.75, 3.05) is 46.0 Å². The highest BCUT2D eigenvalue weighted by Gasteiger charge is 2.29. The van der Waals surface area contributed by atoms with Crippen LogP contribution in [-0.4, -0.2) is 76.9 Å². The fraction of sp³-hybridized carbons (Fsp3) is 0.909. The lowest BCUT2D eigenvalue weighted by Crippen LogP contribution is -2.53. The first-order valence-electron chi connectivity index (χ1n) is 5.99. The van der Waals surface area contributed by atoms with E-state index in [0.29, 0.717) is 43.4 Å². The van der Waals surface area contributed by atoms with Gasteiger partial charge in [0, 0.05) is 39.1 Å². The molecule has 0 atom stereocenters. The molecule has 6 heteroatoms. The molecule has 0 aromatic rings. The van der Waals surface area contributed by atoms with Crippen molar-refractivity contribution in [3.05, 3.63) is 0 Å². The summed E-state index contributed by atoms with van der Waals surface area (Å²) >= 11 is 0. The van der Waals surface area contributed by atoms with Crippen LogP contribution in [0.3, 0.4) is 0 Å². The first kappa shape index (κ1) is 16.3. The van der Waals surface area contributed by atoms with Crippen molar-refractivity contribution < 1.29 is 29.7 Å². The van der Waals surface area contributed by atoms with Gasteiger partial charge in [0.05, 0.1) is 19.6 Å². The van der Waals surface area contributed by atoms with E-state index < -0.39 is 5.97 Å². The average molecular weight is 250 g/mol. The minimum Gasteiger partial charge on any atom is -0.477 e. The van der Waals surface area contributed by atoms with Crippen molar-refractivity contribution in [2.45, 2.75) is 19.3 Å². The molecule has 0 fully saturated rings. The average Bonchev–Trinajstić information content (AvgIpc) is 2.30. The third-order valence-electron chi connectivity index (χ3n) is 2.84. The number of aliphatic carboxylic acids is 1. The summed E-state index contributed by atoms with van der Waals surface area (Å²) in [7, 11) is 0. The van der Waals surface area contributed by atoms with E-state index in [9.17, 15) is 4.79 Å². The van der Waals surface area contributed by atoms with E-state index in [4.69, 9.17) is 20.4 Å². The Morgan fingerprint density at radius 3 is 1.41 bits per heavy atom. The standard InChI is InChI=1S/C11H23NO5/c13-7-1-4-12(5-2-8-14,6-3-9-15)10-11(16)17/h13-15H,1-10H2/p+1. The van der Waals surface area contributed by atoms with Crippen molar-refractivity contribution >= 4 is 5.97 Å². The molecule has 0 amide bonds. The van der Waals surface area contributed by atoms with Crippen molar-refractivity contribution in [3.8, 4) is 0 Å². The number of nitrogens with zero attached hydrogens (tertiary/aromatic N) is 1. The van der Waals surface area contributed by atoms with Crippen LogP contribution in [0, 0.1) is 0 Å². The van der Waals surface area contributed by atoms with Crippen molar-refractivity contribution in [2.24, 2.45) is 0 Å². The highest BCUT2D eigenvalue weighted by atomic mass is 16.4. The van der Waals surface area contributed by atoms with E-state index in [0.717, 1.165) is 0 Å². The van der Waals surface area contributed by atoms with Crippen molar-refractivity contribution in [3.63, 3.8) is 0 Å². The van der Waals surface area contributed by atoms with E-state index in [1.54, 1.807) is 0 Å². The van der Waals surface area contributed by atoms with Crippen LogP contribution < -0.4 is 0 Å². The molecule has 17 heavy (non-hydrogen) atoms. The first-order chi connectivity index (χ1) is 8.10. The quantitative estimate of drug-likeness (QED) is 0.354. The van der Waals surface area contributed by atoms with Gasteiger partial charge in [-0.25, -0.2) is 4.79 Å². The van der Waals surface area contributed by atoms with Gasteiger partial charge in [0.1, 0.15) is 0 Å². The zero-order valence-electron chi connectivity index (χ0n) is 10.2. The van der Waals surface area contributed by atoms with Gasteiger partial charge in [0.15, 0.2) is 6.54 Å². The minimum atomic E-state index is -0.890. The number of aliphatic hydroxyl groups excluding tert-OH is 3. The van der Waals surface area contributed by atoms with Crippen LogP contribution in [0.5, 0.6) is 0 Å². The second-order valence-electron chi connectivity index (χ2n) is 4.30. The van der Waals surface area contributed by atoms with Gasteiger partial charge < -0.3 is 24.9 Å². The van der Waals surface area contributed by atoms with Gasteiger partial charge in [0.25, 0.3) is 0 Å². The van der Waals surface area contributed by atoms with Gasteiger partial charge in [0.2, 0.25) is 0 Å². The number of hydrogen-bond acceptors (Lipinski definition) is 4. The Labute approximate surface area is 102 Å².